The van der Waals surface area contributed by atoms with E-state index in [0.717, 1.165) is 26.1 Å². The van der Waals surface area contributed by atoms with Crippen LogP contribution in [0.1, 0.15) is 25.2 Å². The van der Waals surface area contributed by atoms with Gasteiger partial charge in [0.15, 0.2) is 5.82 Å². The Morgan fingerprint density at radius 2 is 2.21 bits per heavy atom. The molecule has 2 rings (SSSR count). The van der Waals surface area contributed by atoms with Crippen LogP contribution in [0, 0.1) is 11.3 Å². The fourth-order valence-corrected chi connectivity index (χ4v) is 1.85. The van der Waals surface area contributed by atoms with Crippen LogP contribution >= 0.6 is 0 Å². The van der Waals surface area contributed by atoms with Gasteiger partial charge in [-0.15, -0.1) is 0 Å². The first-order valence-electron chi connectivity index (χ1n) is 6.40. The van der Waals surface area contributed by atoms with E-state index in [9.17, 15) is 0 Å². The number of nitrogens with zero attached hydrogens (tertiary/aromatic N) is 4. The molecular formula is C13H17N5O. The van der Waals surface area contributed by atoms with E-state index in [-0.39, 0.29) is 0 Å². The van der Waals surface area contributed by atoms with Crippen molar-refractivity contribution in [3.8, 4) is 17.7 Å². The first-order valence-corrected chi connectivity index (χ1v) is 6.40. The zero-order valence-corrected chi connectivity index (χ0v) is 11.2. The average molecular weight is 259 g/mol. The molecule has 0 atom stereocenters. The van der Waals surface area contributed by atoms with Crippen LogP contribution in [0.5, 0.6) is 0 Å². The number of nitriles is 1. The van der Waals surface area contributed by atoms with E-state index in [4.69, 9.17) is 9.78 Å². The van der Waals surface area contributed by atoms with Crippen LogP contribution < -0.4 is 0 Å². The molecule has 0 spiro atoms. The van der Waals surface area contributed by atoms with E-state index in [0.29, 0.717) is 23.0 Å². The molecule has 0 bridgehead atoms. The van der Waals surface area contributed by atoms with Gasteiger partial charge in [-0.25, -0.2) is 0 Å². The Kier molecular flexibility index (Phi) is 4.31. The number of rotatable bonds is 6. The second kappa shape index (κ2) is 6.16. The predicted molar refractivity (Wildman–Crippen MR) is 70.3 cm³/mol. The number of hydrogen-bond donors (Lipinski definition) is 1. The van der Waals surface area contributed by atoms with Gasteiger partial charge in [-0.2, -0.15) is 10.2 Å². The van der Waals surface area contributed by atoms with Crippen molar-refractivity contribution in [1.82, 2.24) is 20.0 Å². The summed E-state index contributed by atoms with van der Waals surface area (Å²) in [5.41, 5.74) is 1.23. The molecule has 2 aromatic heterocycles. The molecule has 100 valence electrons. The van der Waals surface area contributed by atoms with Crippen molar-refractivity contribution in [3.05, 3.63) is 23.7 Å². The van der Waals surface area contributed by atoms with E-state index in [2.05, 4.69) is 39.9 Å². The lowest BCUT2D eigenvalue weighted by Crippen LogP contribution is -2.25. The molecule has 0 aliphatic rings. The highest BCUT2D eigenvalue weighted by Gasteiger charge is 2.11. The van der Waals surface area contributed by atoms with Crippen molar-refractivity contribution < 1.29 is 4.52 Å². The van der Waals surface area contributed by atoms with Crippen LogP contribution in [0.3, 0.4) is 0 Å². The van der Waals surface area contributed by atoms with Gasteiger partial charge in [-0.3, -0.25) is 0 Å². The molecule has 6 nitrogen and oxygen atoms in total. The molecule has 0 aliphatic heterocycles. The first-order chi connectivity index (χ1) is 9.26. The third-order valence-corrected chi connectivity index (χ3v) is 3.06. The highest BCUT2D eigenvalue weighted by molar-refractivity contribution is 5.51. The van der Waals surface area contributed by atoms with Crippen LogP contribution in [0.15, 0.2) is 16.8 Å². The lowest BCUT2D eigenvalue weighted by atomic mass is 10.3. The molecule has 6 heteroatoms. The van der Waals surface area contributed by atoms with Crippen molar-refractivity contribution in [3.63, 3.8) is 0 Å². The van der Waals surface area contributed by atoms with Gasteiger partial charge in [-0.05, 0) is 19.2 Å². The van der Waals surface area contributed by atoms with Gasteiger partial charge in [0, 0.05) is 19.2 Å². The Bertz CT molecular complexity index is 562. The van der Waals surface area contributed by atoms with Crippen LogP contribution in [-0.4, -0.2) is 39.7 Å². The van der Waals surface area contributed by atoms with E-state index in [1.807, 2.05) is 0 Å². The number of aromatic nitrogens is 3. The fourth-order valence-electron chi connectivity index (χ4n) is 1.85. The zero-order valence-electron chi connectivity index (χ0n) is 11.2. The minimum Gasteiger partial charge on any atom is -0.356 e. The topological polar surface area (TPSA) is 81.7 Å². The van der Waals surface area contributed by atoms with Crippen LogP contribution in [0.4, 0.5) is 0 Å². The lowest BCUT2D eigenvalue weighted by molar-refractivity contribution is 0.303. The molecular weight excluding hydrogens is 242 g/mol. The number of hydrogen-bond acceptors (Lipinski definition) is 5. The van der Waals surface area contributed by atoms with Gasteiger partial charge in [0.05, 0.1) is 5.56 Å². The summed E-state index contributed by atoms with van der Waals surface area (Å²) in [6.07, 6.45) is 2.38. The van der Waals surface area contributed by atoms with Gasteiger partial charge in [-0.1, -0.05) is 19.0 Å². The fraction of sp³-hybridized carbons (Fsp3) is 0.462. The van der Waals surface area contributed by atoms with E-state index >= 15 is 0 Å². The summed E-state index contributed by atoms with van der Waals surface area (Å²) in [5.74, 6) is 1.12. The van der Waals surface area contributed by atoms with Crippen LogP contribution in [0.25, 0.3) is 11.6 Å². The molecule has 0 saturated heterocycles. The summed E-state index contributed by atoms with van der Waals surface area (Å²) in [5, 5.41) is 12.7. The monoisotopic (exact) mass is 259 g/mol. The maximum absolute atomic E-state index is 8.76. The van der Waals surface area contributed by atoms with E-state index in [1.165, 1.54) is 0 Å². The smallest absolute Gasteiger partial charge is 0.274 e. The second-order valence-corrected chi connectivity index (χ2v) is 4.21. The summed E-state index contributed by atoms with van der Waals surface area (Å²) < 4.78 is 5.19. The Morgan fingerprint density at radius 3 is 2.84 bits per heavy atom. The highest BCUT2D eigenvalue weighted by Crippen LogP contribution is 2.16. The maximum atomic E-state index is 8.76. The summed E-state index contributed by atoms with van der Waals surface area (Å²) in [4.78, 5) is 9.57. The van der Waals surface area contributed by atoms with Gasteiger partial charge in [0.1, 0.15) is 11.8 Å². The molecule has 0 fully saturated rings. The number of nitrogens with one attached hydrogen (secondary N) is 1. The Balaban J connectivity index is 2.01. The molecule has 0 aromatic carbocycles. The molecule has 0 radical (unpaired) electrons. The third-order valence-electron chi connectivity index (χ3n) is 3.06. The van der Waals surface area contributed by atoms with Crippen molar-refractivity contribution in [2.45, 2.75) is 20.3 Å². The largest absolute Gasteiger partial charge is 0.356 e. The number of likely N-dealkylation sites (N-methyl/N-ethyl adjacent to an activating group) is 1. The first kappa shape index (κ1) is 13.3. The van der Waals surface area contributed by atoms with Crippen molar-refractivity contribution in [2.75, 3.05) is 19.6 Å². The Labute approximate surface area is 112 Å². The second-order valence-electron chi connectivity index (χ2n) is 4.21. The van der Waals surface area contributed by atoms with E-state index in [1.54, 1.807) is 12.3 Å². The Morgan fingerprint density at radius 1 is 1.42 bits per heavy atom. The SMILES string of the molecule is CCN(CC)CCc1noc(-c2cc(C#N)c[nH]2)n1. The van der Waals surface area contributed by atoms with Crippen LogP contribution in [0.2, 0.25) is 0 Å². The zero-order chi connectivity index (χ0) is 13.7. The van der Waals surface area contributed by atoms with Crippen LogP contribution in [-0.2, 0) is 6.42 Å². The summed E-state index contributed by atoms with van der Waals surface area (Å²) in [7, 11) is 0. The molecule has 0 saturated carbocycles. The van der Waals surface area contributed by atoms with Gasteiger partial charge in [0.25, 0.3) is 5.89 Å². The Hall–Kier alpha value is -2.13. The molecule has 19 heavy (non-hydrogen) atoms. The molecule has 0 amide bonds. The van der Waals surface area contributed by atoms with Gasteiger partial charge >= 0.3 is 0 Å². The predicted octanol–water partition coefficient (Wildman–Crippen LogP) is 1.82. The minimum absolute atomic E-state index is 0.427. The maximum Gasteiger partial charge on any atom is 0.274 e. The number of aromatic amines is 1. The van der Waals surface area contributed by atoms with Gasteiger partial charge < -0.3 is 14.4 Å². The minimum atomic E-state index is 0.427. The van der Waals surface area contributed by atoms with Crippen molar-refractivity contribution in [2.24, 2.45) is 0 Å². The summed E-state index contributed by atoms with van der Waals surface area (Å²) >= 11 is 0. The molecule has 2 aromatic rings. The molecule has 0 unspecified atom stereocenters. The quantitative estimate of drug-likeness (QED) is 0.855. The average Bonchev–Trinajstić information content (AvgIpc) is 3.08. The highest BCUT2D eigenvalue weighted by atomic mass is 16.5. The third kappa shape index (κ3) is 3.20. The standard InChI is InChI=1S/C13H17N5O/c1-3-18(4-2)6-5-12-16-13(19-17-12)11-7-10(8-14)9-15-11/h7,9,15H,3-6H2,1-2H3. The molecule has 0 aliphatic carbocycles. The van der Waals surface area contributed by atoms with E-state index < -0.39 is 0 Å². The normalized spacial score (nSPS) is 10.8. The van der Waals surface area contributed by atoms with Crippen molar-refractivity contribution >= 4 is 0 Å². The summed E-state index contributed by atoms with van der Waals surface area (Å²) in [6, 6.07) is 3.75. The van der Waals surface area contributed by atoms with Gasteiger partial charge in [0.2, 0.25) is 0 Å². The lowest BCUT2D eigenvalue weighted by Gasteiger charge is -2.16. The number of H-pyrrole nitrogens is 1. The summed E-state index contributed by atoms with van der Waals surface area (Å²) in [6.45, 7) is 7.22. The molecule has 2 heterocycles. The van der Waals surface area contributed by atoms with Crippen molar-refractivity contribution in [1.29, 1.82) is 5.26 Å². The molecule has 1 N–H and O–H groups in total.